The molecular weight excluding hydrogens is 416 g/mol. The molecule has 1 aromatic carbocycles. The summed E-state index contributed by atoms with van der Waals surface area (Å²) in [5, 5.41) is 0. The lowest BCUT2D eigenvalue weighted by molar-refractivity contribution is -0.116. The third kappa shape index (κ3) is 3.38. The van der Waals surface area contributed by atoms with Gasteiger partial charge in [-0.15, -0.1) is 0 Å². The van der Waals surface area contributed by atoms with Crippen LogP contribution in [0.1, 0.15) is 57.9 Å². The van der Waals surface area contributed by atoms with E-state index in [1.54, 1.807) is 0 Å². The summed E-state index contributed by atoms with van der Waals surface area (Å²) in [6.07, 6.45) is 5.28. The zero-order chi connectivity index (χ0) is 22.6. The molecule has 0 aliphatic carbocycles. The number of hydrogen-bond acceptors (Lipinski definition) is 4. The molecule has 2 atom stereocenters. The standard InChI is InChI=1S/C24H31F2N3O3/c1-3-32-23(31)29-17-4-5-18(29)13-19(12-17)27-8-6-24(7-9-27)14-28(15(2)30)22-20(24)10-16(25)11-21(22)26/h10-11,17-19H,3-9,12-14H2,1-2H3. The maximum absolute atomic E-state index is 14.6. The highest BCUT2D eigenvalue weighted by Crippen LogP contribution is 2.49. The molecule has 2 amide bonds. The first-order chi connectivity index (χ1) is 15.3. The second-order valence-corrected chi connectivity index (χ2v) is 9.82. The van der Waals surface area contributed by atoms with E-state index < -0.39 is 17.0 Å². The first-order valence-electron chi connectivity index (χ1n) is 11.8. The number of ether oxygens (including phenoxy) is 1. The summed E-state index contributed by atoms with van der Waals surface area (Å²) in [6.45, 7) is 5.74. The zero-order valence-electron chi connectivity index (χ0n) is 18.8. The lowest BCUT2D eigenvalue weighted by atomic mass is 9.73. The van der Waals surface area contributed by atoms with Crippen molar-refractivity contribution in [2.75, 3.05) is 31.1 Å². The van der Waals surface area contributed by atoms with E-state index in [2.05, 4.69) is 4.90 Å². The van der Waals surface area contributed by atoms with Gasteiger partial charge >= 0.3 is 6.09 Å². The van der Waals surface area contributed by atoms with Gasteiger partial charge in [0.1, 0.15) is 11.6 Å². The number of piperidine rings is 2. The quantitative estimate of drug-likeness (QED) is 0.692. The number of hydrogen-bond donors (Lipinski definition) is 0. The molecule has 32 heavy (non-hydrogen) atoms. The van der Waals surface area contributed by atoms with Crippen molar-refractivity contribution in [1.82, 2.24) is 9.80 Å². The van der Waals surface area contributed by atoms with Gasteiger partial charge in [-0.05, 0) is 70.2 Å². The Balaban J connectivity index is 1.31. The van der Waals surface area contributed by atoms with Crippen LogP contribution in [0.2, 0.25) is 0 Å². The molecular formula is C24H31F2N3O3. The Kier molecular flexibility index (Phi) is 5.39. The van der Waals surface area contributed by atoms with Gasteiger partial charge in [0.2, 0.25) is 5.91 Å². The van der Waals surface area contributed by atoms with E-state index in [4.69, 9.17) is 4.74 Å². The fourth-order valence-electron chi connectivity index (χ4n) is 6.67. The maximum atomic E-state index is 14.6. The van der Waals surface area contributed by atoms with Crippen molar-refractivity contribution >= 4 is 17.7 Å². The van der Waals surface area contributed by atoms with Crippen molar-refractivity contribution in [3.05, 3.63) is 29.3 Å². The Bertz CT molecular complexity index is 917. The van der Waals surface area contributed by atoms with Crippen molar-refractivity contribution in [3.8, 4) is 0 Å². The van der Waals surface area contributed by atoms with Crippen molar-refractivity contribution in [1.29, 1.82) is 0 Å². The molecule has 174 valence electrons. The van der Waals surface area contributed by atoms with E-state index >= 15 is 0 Å². The van der Waals surface area contributed by atoms with Crippen molar-refractivity contribution in [2.45, 2.75) is 75.9 Å². The van der Waals surface area contributed by atoms with E-state index in [-0.39, 0.29) is 29.8 Å². The van der Waals surface area contributed by atoms with Crippen LogP contribution in [0.4, 0.5) is 19.3 Å². The van der Waals surface area contributed by atoms with E-state index in [1.165, 1.54) is 17.9 Å². The number of rotatable bonds is 2. The largest absolute Gasteiger partial charge is 0.450 e. The van der Waals surface area contributed by atoms with Crippen LogP contribution in [0.25, 0.3) is 0 Å². The van der Waals surface area contributed by atoms with Crippen LogP contribution < -0.4 is 4.90 Å². The SMILES string of the molecule is CCOC(=O)N1C2CCC1CC(N1CCC3(CC1)CN(C(C)=O)c1c(F)cc(F)cc13)C2. The minimum Gasteiger partial charge on any atom is -0.450 e. The van der Waals surface area contributed by atoms with Gasteiger partial charge in [-0.1, -0.05) is 0 Å². The number of benzene rings is 1. The van der Waals surface area contributed by atoms with Gasteiger partial charge in [-0.2, -0.15) is 0 Å². The highest BCUT2D eigenvalue weighted by molar-refractivity contribution is 5.95. The van der Waals surface area contributed by atoms with Crippen LogP contribution in [0.5, 0.6) is 0 Å². The van der Waals surface area contributed by atoms with E-state index in [1.807, 2.05) is 11.8 Å². The Hall–Kier alpha value is -2.22. The molecule has 4 aliphatic rings. The van der Waals surface area contributed by atoms with E-state index in [0.717, 1.165) is 57.7 Å². The smallest absolute Gasteiger partial charge is 0.410 e. The van der Waals surface area contributed by atoms with Gasteiger partial charge in [0.05, 0.1) is 12.3 Å². The molecule has 3 saturated heterocycles. The Morgan fingerprint density at radius 2 is 1.75 bits per heavy atom. The van der Waals surface area contributed by atoms with Crippen LogP contribution in [-0.4, -0.2) is 66.2 Å². The van der Waals surface area contributed by atoms with E-state index in [9.17, 15) is 18.4 Å². The van der Waals surface area contributed by atoms with Crippen molar-refractivity contribution in [2.24, 2.45) is 0 Å². The third-order valence-corrected chi connectivity index (χ3v) is 8.17. The number of nitrogens with zero attached hydrogens (tertiary/aromatic N) is 3. The molecule has 8 heteroatoms. The maximum Gasteiger partial charge on any atom is 0.410 e. The summed E-state index contributed by atoms with van der Waals surface area (Å²) in [6, 6.07) is 3.17. The molecule has 0 N–H and O–H groups in total. The normalized spacial score (nSPS) is 28.8. The first kappa shape index (κ1) is 21.6. The van der Waals surface area contributed by atoms with Crippen LogP contribution >= 0.6 is 0 Å². The second-order valence-electron chi connectivity index (χ2n) is 9.82. The molecule has 6 nitrogen and oxygen atoms in total. The number of halogens is 2. The topological polar surface area (TPSA) is 53.1 Å². The first-order valence-corrected chi connectivity index (χ1v) is 11.8. The zero-order valence-corrected chi connectivity index (χ0v) is 18.8. The molecule has 2 bridgehead atoms. The summed E-state index contributed by atoms with van der Waals surface area (Å²) in [4.78, 5) is 30.5. The van der Waals surface area contributed by atoms with Gasteiger partial charge in [-0.3, -0.25) is 4.79 Å². The number of fused-ring (bicyclic) bond motifs is 4. The van der Waals surface area contributed by atoms with Crippen molar-refractivity contribution < 1.29 is 23.1 Å². The van der Waals surface area contributed by atoms with Crippen molar-refractivity contribution in [3.63, 3.8) is 0 Å². The Morgan fingerprint density at radius 3 is 2.34 bits per heavy atom. The number of carbonyl (C=O) groups is 2. The summed E-state index contributed by atoms with van der Waals surface area (Å²) in [7, 11) is 0. The fourth-order valence-corrected chi connectivity index (χ4v) is 6.67. The average molecular weight is 448 g/mol. The highest BCUT2D eigenvalue weighted by Gasteiger charge is 2.50. The average Bonchev–Trinajstić information content (AvgIpc) is 3.20. The second kappa shape index (κ2) is 7.97. The predicted octanol–water partition coefficient (Wildman–Crippen LogP) is 3.82. The van der Waals surface area contributed by atoms with Gasteiger partial charge in [0.25, 0.3) is 0 Å². The molecule has 4 aliphatic heterocycles. The molecule has 0 aromatic heterocycles. The molecule has 1 aromatic rings. The van der Waals surface area contributed by atoms with E-state index in [0.29, 0.717) is 24.8 Å². The fraction of sp³-hybridized carbons (Fsp3) is 0.667. The van der Waals surface area contributed by atoms with Gasteiger partial charge in [-0.25, -0.2) is 13.6 Å². The monoisotopic (exact) mass is 447 g/mol. The Labute approximate surface area is 187 Å². The highest BCUT2D eigenvalue weighted by atomic mass is 19.1. The molecule has 2 unspecified atom stereocenters. The molecule has 0 radical (unpaired) electrons. The van der Waals surface area contributed by atoms with Crippen LogP contribution in [0.3, 0.4) is 0 Å². The molecule has 5 rings (SSSR count). The minimum absolute atomic E-state index is 0.188. The van der Waals surface area contributed by atoms with Crippen LogP contribution in [-0.2, 0) is 14.9 Å². The summed E-state index contributed by atoms with van der Waals surface area (Å²) < 4.78 is 34.0. The Morgan fingerprint density at radius 1 is 1.09 bits per heavy atom. The van der Waals surface area contributed by atoms with Crippen LogP contribution in [0, 0.1) is 11.6 Å². The summed E-state index contributed by atoms with van der Waals surface area (Å²) in [5.74, 6) is -1.45. The van der Waals surface area contributed by atoms with Gasteiger partial charge in [0.15, 0.2) is 0 Å². The molecule has 1 spiro atoms. The lowest BCUT2D eigenvalue weighted by Gasteiger charge is -2.47. The lowest BCUT2D eigenvalue weighted by Crippen LogP contribution is -2.55. The molecule has 3 fully saturated rings. The number of amides is 2. The third-order valence-electron chi connectivity index (χ3n) is 8.17. The summed E-state index contributed by atoms with van der Waals surface area (Å²) >= 11 is 0. The number of carbonyl (C=O) groups excluding carboxylic acids is 2. The number of anilines is 1. The summed E-state index contributed by atoms with van der Waals surface area (Å²) in [5.41, 5.74) is 0.501. The predicted molar refractivity (Wildman–Crippen MR) is 116 cm³/mol. The molecule has 4 heterocycles. The van der Waals surface area contributed by atoms with Gasteiger partial charge < -0.3 is 19.4 Å². The molecule has 0 saturated carbocycles. The minimum atomic E-state index is -0.655. The van der Waals surface area contributed by atoms with Crippen LogP contribution in [0.15, 0.2) is 12.1 Å². The number of likely N-dealkylation sites (tertiary alicyclic amines) is 1. The van der Waals surface area contributed by atoms with Gasteiger partial charge in [0, 0.05) is 43.1 Å².